The molecule has 0 aliphatic heterocycles. The molecular formula is C15H12FIO. The number of carbonyl (C=O) groups excluding carboxylic acids is 1. The average Bonchev–Trinajstić information content (AvgIpc) is 2.34. The van der Waals surface area contributed by atoms with E-state index >= 15 is 0 Å². The molecule has 0 unspecified atom stereocenters. The molecule has 0 radical (unpaired) electrons. The first-order valence-corrected chi connectivity index (χ1v) is 6.68. The normalized spacial score (nSPS) is 10.4. The van der Waals surface area contributed by atoms with Gasteiger partial charge in [-0.3, -0.25) is 4.79 Å². The SMILES string of the molecule is Cc1ccc(F)cc1CC(=O)c1cccc(I)c1. The lowest BCUT2D eigenvalue weighted by Crippen LogP contribution is -2.05. The molecule has 0 aromatic heterocycles. The Bertz CT molecular complexity index is 593. The van der Waals surface area contributed by atoms with Crippen molar-refractivity contribution >= 4 is 28.4 Å². The van der Waals surface area contributed by atoms with E-state index in [4.69, 9.17) is 0 Å². The fourth-order valence-corrected chi connectivity index (χ4v) is 2.31. The second-order valence-corrected chi connectivity index (χ2v) is 5.43. The lowest BCUT2D eigenvalue weighted by atomic mass is 9.99. The number of hydrogen-bond acceptors (Lipinski definition) is 1. The van der Waals surface area contributed by atoms with Crippen LogP contribution in [0.2, 0.25) is 0 Å². The largest absolute Gasteiger partial charge is 0.294 e. The zero-order chi connectivity index (χ0) is 13.1. The Labute approximate surface area is 119 Å². The van der Waals surface area contributed by atoms with Gasteiger partial charge < -0.3 is 0 Å². The van der Waals surface area contributed by atoms with E-state index in [9.17, 15) is 9.18 Å². The molecule has 18 heavy (non-hydrogen) atoms. The third kappa shape index (κ3) is 3.16. The number of hydrogen-bond donors (Lipinski definition) is 0. The minimum atomic E-state index is -0.300. The van der Waals surface area contributed by atoms with Crippen molar-refractivity contribution in [2.45, 2.75) is 13.3 Å². The van der Waals surface area contributed by atoms with Crippen LogP contribution in [0.1, 0.15) is 21.5 Å². The van der Waals surface area contributed by atoms with Crippen molar-refractivity contribution in [3.8, 4) is 0 Å². The summed E-state index contributed by atoms with van der Waals surface area (Å²) >= 11 is 2.17. The Morgan fingerprint density at radius 2 is 2.00 bits per heavy atom. The molecule has 3 heteroatoms. The number of benzene rings is 2. The van der Waals surface area contributed by atoms with Gasteiger partial charge >= 0.3 is 0 Å². The summed E-state index contributed by atoms with van der Waals surface area (Å²) in [5, 5.41) is 0. The smallest absolute Gasteiger partial charge is 0.167 e. The van der Waals surface area contributed by atoms with E-state index in [-0.39, 0.29) is 18.0 Å². The van der Waals surface area contributed by atoms with Gasteiger partial charge in [0.05, 0.1) is 0 Å². The highest BCUT2D eigenvalue weighted by atomic mass is 127. The maximum Gasteiger partial charge on any atom is 0.167 e. The van der Waals surface area contributed by atoms with Gasteiger partial charge in [-0.05, 0) is 64.9 Å². The molecule has 2 aromatic rings. The second-order valence-electron chi connectivity index (χ2n) is 4.18. The third-order valence-corrected chi connectivity index (χ3v) is 3.48. The Balaban J connectivity index is 2.24. The van der Waals surface area contributed by atoms with E-state index in [2.05, 4.69) is 22.6 Å². The molecule has 0 spiro atoms. The van der Waals surface area contributed by atoms with E-state index in [1.54, 1.807) is 12.1 Å². The van der Waals surface area contributed by atoms with Gasteiger partial charge in [-0.25, -0.2) is 4.39 Å². The van der Waals surface area contributed by atoms with Gasteiger partial charge in [-0.2, -0.15) is 0 Å². The first-order valence-electron chi connectivity index (χ1n) is 5.60. The monoisotopic (exact) mass is 354 g/mol. The van der Waals surface area contributed by atoms with Gasteiger partial charge in [0.25, 0.3) is 0 Å². The summed E-state index contributed by atoms with van der Waals surface area (Å²) in [7, 11) is 0. The quantitative estimate of drug-likeness (QED) is 0.598. The van der Waals surface area contributed by atoms with Crippen LogP contribution in [0.15, 0.2) is 42.5 Å². The summed E-state index contributed by atoms with van der Waals surface area (Å²) in [6, 6.07) is 12.0. The first kappa shape index (κ1) is 13.2. The maximum absolute atomic E-state index is 13.2. The maximum atomic E-state index is 13.2. The minimum absolute atomic E-state index is 0.0159. The predicted molar refractivity (Wildman–Crippen MR) is 78.3 cm³/mol. The molecule has 0 aliphatic carbocycles. The zero-order valence-electron chi connectivity index (χ0n) is 9.91. The van der Waals surface area contributed by atoms with Crippen LogP contribution >= 0.6 is 22.6 Å². The van der Waals surface area contributed by atoms with Crippen molar-refractivity contribution < 1.29 is 9.18 Å². The van der Waals surface area contributed by atoms with E-state index in [0.717, 1.165) is 14.7 Å². The van der Waals surface area contributed by atoms with Crippen LogP contribution in [0.3, 0.4) is 0 Å². The molecule has 0 atom stereocenters. The Kier molecular flexibility index (Phi) is 4.11. The Hall–Kier alpha value is -1.23. The number of carbonyl (C=O) groups is 1. The van der Waals surface area contributed by atoms with Gasteiger partial charge in [0.15, 0.2) is 5.78 Å². The summed E-state index contributed by atoms with van der Waals surface area (Å²) in [6.45, 7) is 1.89. The number of aryl methyl sites for hydroxylation is 1. The summed E-state index contributed by atoms with van der Waals surface area (Å²) in [5.74, 6) is -0.284. The highest BCUT2D eigenvalue weighted by molar-refractivity contribution is 14.1. The van der Waals surface area contributed by atoms with E-state index in [0.29, 0.717) is 5.56 Å². The van der Waals surface area contributed by atoms with Crippen LogP contribution in [0.5, 0.6) is 0 Å². The van der Waals surface area contributed by atoms with Crippen molar-refractivity contribution in [2.75, 3.05) is 0 Å². The summed E-state index contributed by atoms with van der Waals surface area (Å²) in [5.41, 5.74) is 2.36. The van der Waals surface area contributed by atoms with Crippen molar-refractivity contribution in [1.82, 2.24) is 0 Å². The van der Waals surface area contributed by atoms with Crippen molar-refractivity contribution in [3.63, 3.8) is 0 Å². The Morgan fingerprint density at radius 3 is 2.72 bits per heavy atom. The molecule has 0 saturated heterocycles. The van der Waals surface area contributed by atoms with Crippen LogP contribution in [0, 0.1) is 16.3 Å². The molecule has 2 rings (SSSR count). The van der Waals surface area contributed by atoms with Crippen molar-refractivity contribution in [3.05, 3.63) is 68.5 Å². The van der Waals surface area contributed by atoms with Gasteiger partial charge in [0, 0.05) is 15.6 Å². The molecule has 2 aromatic carbocycles. The van der Waals surface area contributed by atoms with E-state index < -0.39 is 0 Å². The highest BCUT2D eigenvalue weighted by Gasteiger charge is 2.09. The highest BCUT2D eigenvalue weighted by Crippen LogP contribution is 2.15. The summed E-state index contributed by atoms with van der Waals surface area (Å²) in [6.07, 6.45) is 0.240. The fraction of sp³-hybridized carbons (Fsp3) is 0.133. The van der Waals surface area contributed by atoms with Gasteiger partial charge in [0.2, 0.25) is 0 Å². The molecular weight excluding hydrogens is 342 g/mol. The van der Waals surface area contributed by atoms with Crippen molar-refractivity contribution in [2.24, 2.45) is 0 Å². The lowest BCUT2D eigenvalue weighted by Gasteiger charge is -2.06. The average molecular weight is 354 g/mol. The van der Waals surface area contributed by atoms with E-state index in [1.165, 1.54) is 12.1 Å². The van der Waals surface area contributed by atoms with Gasteiger partial charge in [-0.1, -0.05) is 18.2 Å². The molecule has 92 valence electrons. The van der Waals surface area contributed by atoms with Crippen LogP contribution in [0.4, 0.5) is 4.39 Å². The number of halogens is 2. The van der Waals surface area contributed by atoms with Crippen LogP contribution in [-0.4, -0.2) is 5.78 Å². The molecule has 0 aliphatic rings. The van der Waals surface area contributed by atoms with Crippen LogP contribution in [-0.2, 0) is 6.42 Å². The Morgan fingerprint density at radius 1 is 1.22 bits per heavy atom. The second kappa shape index (κ2) is 5.61. The minimum Gasteiger partial charge on any atom is -0.294 e. The van der Waals surface area contributed by atoms with Crippen molar-refractivity contribution in [1.29, 1.82) is 0 Å². The molecule has 0 bridgehead atoms. The third-order valence-electron chi connectivity index (χ3n) is 2.81. The number of rotatable bonds is 3. The fourth-order valence-electron chi connectivity index (χ4n) is 1.77. The summed E-state index contributed by atoms with van der Waals surface area (Å²) in [4.78, 5) is 12.1. The lowest BCUT2D eigenvalue weighted by molar-refractivity contribution is 0.0992. The molecule has 0 saturated carbocycles. The molecule has 0 fully saturated rings. The topological polar surface area (TPSA) is 17.1 Å². The number of Topliss-reactive ketones (excluding diaryl/α,β-unsaturated/α-hetero) is 1. The molecule has 0 amide bonds. The molecule has 1 nitrogen and oxygen atoms in total. The first-order chi connectivity index (χ1) is 8.56. The molecule has 0 N–H and O–H groups in total. The van der Waals surface area contributed by atoms with Gasteiger partial charge in [-0.15, -0.1) is 0 Å². The standard InChI is InChI=1S/C15H12FIO/c1-10-5-6-13(16)7-12(10)9-15(18)11-3-2-4-14(17)8-11/h2-8H,9H2,1H3. The number of ketones is 1. The molecule has 0 heterocycles. The van der Waals surface area contributed by atoms with Gasteiger partial charge in [0.1, 0.15) is 5.82 Å². The van der Waals surface area contributed by atoms with E-state index in [1.807, 2.05) is 25.1 Å². The predicted octanol–water partition coefficient (Wildman–Crippen LogP) is 4.16. The van der Waals surface area contributed by atoms with Crippen LogP contribution in [0.25, 0.3) is 0 Å². The van der Waals surface area contributed by atoms with Crippen LogP contribution < -0.4 is 0 Å². The summed E-state index contributed by atoms with van der Waals surface area (Å²) < 4.78 is 14.2. The zero-order valence-corrected chi connectivity index (χ0v) is 12.1.